The number of carbonyl (C=O) groups excluding carboxylic acids is 1. The van der Waals surface area contributed by atoms with Gasteiger partial charge in [0.15, 0.2) is 5.76 Å². The molecule has 2 aromatic rings. The zero-order chi connectivity index (χ0) is 20.1. The number of ketones is 1. The Morgan fingerprint density at radius 3 is 2.18 bits per heavy atom. The average molecular weight is 396 g/mol. The Hall–Kier alpha value is -3.05. The summed E-state index contributed by atoms with van der Waals surface area (Å²) in [5.74, 6) is -0.351. The number of allylic oxidation sites excluding steroid dienone is 2. The molecule has 2 aromatic carbocycles. The standard InChI is InChI=1S/C22H22ClN3O2/c1-3-26(4-2)19-18(23)20(27)17(21(19)28)22(24-15-11-7-5-8-12-15)25-16-13-9-6-10-14-16/h5-14,27H,3-4H2,1-2H3,(H,24,25). The number of nitrogens with zero attached hydrogens (tertiary/aromatic N) is 2. The van der Waals surface area contributed by atoms with Gasteiger partial charge in [-0.15, -0.1) is 0 Å². The third kappa shape index (κ3) is 3.94. The van der Waals surface area contributed by atoms with Crippen LogP contribution in [0.5, 0.6) is 0 Å². The molecule has 0 heterocycles. The molecular formula is C22H22ClN3O2. The number of nitrogens with one attached hydrogen (secondary N) is 1. The van der Waals surface area contributed by atoms with Gasteiger partial charge in [0.05, 0.1) is 5.69 Å². The number of aliphatic hydroxyl groups is 1. The smallest absolute Gasteiger partial charge is 0.218 e. The topological polar surface area (TPSA) is 64.9 Å². The van der Waals surface area contributed by atoms with Crippen molar-refractivity contribution in [2.75, 3.05) is 18.4 Å². The lowest BCUT2D eigenvalue weighted by atomic mass is 10.1. The maximum atomic E-state index is 13.2. The van der Waals surface area contributed by atoms with Crippen LogP contribution in [-0.2, 0) is 4.79 Å². The molecule has 0 spiro atoms. The summed E-state index contributed by atoms with van der Waals surface area (Å²) >= 11 is 6.35. The van der Waals surface area contributed by atoms with Gasteiger partial charge in [-0.25, -0.2) is 4.99 Å². The number of carbonyl (C=O) groups is 1. The number of Topliss-reactive ketones (excluding diaryl/α,β-unsaturated/α-hetero) is 1. The first kappa shape index (κ1) is 19.7. The third-order valence-electron chi connectivity index (χ3n) is 4.44. The molecule has 2 N–H and O–H groups in total. The van der Waals surface area contributed by atoms with E-state index in [1.807, 2.05) is 79.4 Å². The summed E-state index contributed by atoms with van der Waals surface area (Å²) in [7, 11) is 0. The summed E-state index contributed by atoms with van der Waals surface area (Å²) in [6, 6.07) is 18.6. The van der Waals surface area contributed by atoms with Crippen LogP contribution >= 0.6 is 11.6 Å². The molecule has 0 atom stereocenters. The van der Waals surface area contributed by atoms with Crippen molar-refractivity contribution in [2.45, 2.75) is 13.8 Å². The van der Waals surface area contributed by atoms with Crippen molar-refractivity contribution in [3.63, 3.8) is 0 Å². The van der Waals surface area contributed by atoms with Gasteiger partial charge in [-0.1, -0.05) is 48.0 Å². The van der Waals surface area contributed by atoms with Gasteiger partial charge in [0.25, 0.3) is 0 Å². The maximum absolute atomic E-state index is 13.2. The van der Waals surface area contributed by atoms with Crippen LogP contribution < -0.4 is 5.32 Å². The number of para-hydroxylation sites is 2. The lowest BCUT2D eigenvalue weighted by Crippen LogP contribution is -2.29. The lowest BCUT2D eigenvalue weighted by Gasteiger charge is -2.22. The first-order valence-electron chi connectivity index (χ1n) is 9.16. The van der Waals surface area contributed by atoms with Crippen molar-refractivity contribution in [1.29, 1.82) is 0 Å². The van der Waals surface area contributed by atoms with Gasteiger partial charge in [-0.05, 0) is 38.1 Å². The molecule has 144 valence electrons. The van der Waals surface area contributed by atoms with Gasteiger partial charge < -0.3 is 15.3 Å². The summed E-state index contributed by atoms with van der Waals surface area (Å²) < 4.78 is 0. The predicted molar refractivity (Wildman–Crippen MR) is 114 cm³/mol. The third-order valence-corrected chi connectivity index (χ3v) is 4.80. The maximum Gasteiger partial charge on any atom is 0.218 e. The van der Waals surface area contributed by atoms with E-state index in [1.54, 1.807) is 0 Å². The van der Waals surface area contributed by atoms with Crippen LogP contribution in [0.4, 0.5) is 11.4 Å². The van der Waals surface area contributed by atoms with Crippen molar-refractivity contribution < 1.29 is 9.90 Å². The van der Waals surface area contributed by atoms with Crippen LogP contribution in [0.1, 0.15) is 13.8 Å². The van der Waals surface area contributed by atoms with Crippen molar-refractivity contribution in [2.24, 2.45) is 4.99 Å². The first-order chi connectivity index (χ1) is 13.6. The molecule has 0 fully saturated rings. The van der Waals surface area contributed by atoms with E-state index in [0.717, 1.165) is 5.69 Å². The van der Waals surface area contributed by atoms with Crippen molar-refractivity contribution in [3.05, 3.63) is 82.7 Å². The Balaban J connectivity index is 2.06. The fourth-order valence-corrected chi connectivity index (χ4v) is 3.33. The molecule has 5 nitrogen and oxygen atoms in total. The summed E-state index contributed by atoms with van der Waals surface area (Å²) in [5, 5.41) is 13.9. The van der Waals surface area contributed by atoms with E-state index in [1.165, 1.54) is 0 Å². The van der Waals surface area contributed by atoms with Gasteiger partial charge in [0.1, 0.15) is 22.1 Å². The number of hydrogen-bond donors (Lipinski definition) is 2. The molecule has 0 unspecified atom stereocenters. The number of anilines is 1. The molecule has 1 aliphatic rings. The number of benzene rings is 2. The van der Waals surface area contributed by atoms with Crippen LogP contribution in [0.25, 0.3) is 0 Å². The molecule has 0 aromatic heterocycles. The minimum absolute atomic E-state index is 0.0549. The second kappa shape index (κ2) is 8.76. The number of aliphatic hydroxyl groups excluding tert-OH is 1. The molecule has 0 saturated heterocycles. The van der Waals surface area contributed by atoms with E-state index in [4.69, 9.17) is 11.6 Å². The number of halogens is 1. The fourth-order valence-electron chi connectivity index (χ4n) is 3.03. The zero-order valence-corrected chi connectivity index (χ0v) is 16.6. The Kier molecular flexibility index (Phi) is 6.16. The highest BCUT2D eigenvalue weighted by Gasteiger charge is 2.37. The van der Waals surface area contributed by atoms with Crippen LogP contribution in [0.2, 0.25) is 0 Å². The number of rotatable bonds is 6. The van der Waals surface area contributed by atoms with Crippen molar-refractivity contribution in [1.82, 2.24) is 4.90 Å². The van der Waals surface area contributed by atoms with Gasteiger partial charge >= 0.3 is 0 Å². The Labute approximate surface area is 169 Å². The molecule has 1 aliphatic carbocycles. The van der Waals surface area contributed by atoms with Crippen LogP contribution in [0, 0.1) is 0 Å². The average Bonchev–Trinajstić information content (AvgIpc) is 2.94. The first-order valence-corrected chi connectivity index (χ1v) is 9.53. The monoisotopic (exact) mass is 395 g/mol. The number of likely N-dealkylation sites (N-methyl/N-ethyl adjacent to an activating group) is 1. The number of hydrogen-bond acceptors (Lipinski definition) is 4. The van der Waals surface area contributed by atoms with E-state index in [-0.39, 0.29) is 28.0 Å². The number of aliphatic imine (C=N–C) groups is 1. The van der Waals surface area contributed by atoms with Crippen LogP contribution in [-0.4, -0.2) is 34.7 Å². The fraction of sp³-hybridized carbons (Fsp3) is 0.182. The van der Waals surface area contributed by atoms with E-state index in [9.17, 15) is 9.90 Å². The van der Waals surface area contributed by atoms with E-state index in [2.05, 4.69) is 10.3 Å². The van der Waals surface area contributed by atoms with Gasteiger partial charge in [0, 0.05) is 18.8 Å². The van der Waals surface area contributed by atoms with E-state index < -0.39 is 0 Å². The summed E-state index contributed by atoms with van der Waals surface area (Å²) in [4.78, 5) is 19.6. The van der Waals surface area contributed by atoms with Crippen molar-refractivity contribution >= 4 is 34.6 Å². The van der Waals surface area contributed by atoms with E-state index in [0.29, 0.717) is 24.5 Å². The van der Waals surface area contributed by atoms with E-state index >= 15 is 0 Å². The predicted octanol–water partition coefficient (Wildman–Crippen LogP) is 5.02. The van der Waals surface area contributed by atoms with Crippen molar-refractivity contribution in [3.8, 4) is 0 Å². The highest BCUT2D eigenvalue weighted by atomic mass is 35.5. The molecule has 0 bridgehead atoms. The quantitative estimate of drug-likeness (QED) is 0.532. The second-order valence-corrected chi connectivity index (χ2v) is 6.55. The Morgan fingerprint density at radius 1 is 1.04 bits per heavy atom. The molecule has 0 radical (unpaired) electrons. The highest BCUT2D eigenvalue weighted by Crippen LogP contribution is 2.34. The molecular weight excluding hydrogens is 374 g/mol. The largest absolute Gasteiger partial charge is 0.505 e. The van der Waals surface area contributed by atoms with Crippen LogP contribution in [0.15, 0.2) is 87.7 Å². The highest BCUT2D eigenvalue weighted by molar-refractivity contribution is 6.42. The molecule has 0 amide bonds. The van der Waals surface area contributed by atoms with Gasteiger partial charge in [-0.3, -0.25) is 4.79 Å². The normalized spacial score (nSPS) is 14.7. The summed E-state index contributed by atoms with van der Waals surface area (Å²) in [6.45, 7) is 5.08. The molecule has 6 heteroatoms. The minimum Gasteiger partial charge on any atom is -0.505 e. The molecule has 0 saturated carbocycles. The second-order valence-electron chi connectivity index (χ2n) is 6.17. The minimum atomic E-state index is -0.343. The molecule has 0 aliphatic heterocycles. The van der Waals surface area contributed by atoms with Crippen LogP contribution in [0.3, 0.4) is 0 Å². The lowest BCUT2D eigenvalue weighted by molar-refractivity contribution is -0.113. The zero-order valence-electron chi connectivity index (χ0n) is 15.8. The van der Waals surface area contributed by atoms with Gasteiger partial charge in [0.2, 0.25) is 5.78 Å². The number of amidine groups is 1. The Bertz CT molecular complexity index is 946. The van der Waals surface area contributed by atoms with Gasteiger partial charge in [-0.2, -0.15) is 0 Å². The SMILES string of the molecule is CCN(CC)C1=C(Cl)C(O)=C(C(=Nc2ccccc2)Nc2ccccc2)C1=O. The molecule has 28 heavy (non-hydrogen) atoms. The Morgan fingerprint density at radius 2 is 1.61 bits per heavy atom. The summed E-state index contributed by atoms with van der Waals surface area (Å²) in [6.07, 6.45) is 0. The summed E-state index contributed by atoms with van der Waals surface area (Å²) in [5.41, 5.74) is 1.77. The molecule has 3 rings (SSSR count).